The van der Waals surface area contributed by atoms with Crippen molar-refractivity contribution < 1.29 is 19.4 Å². The zero-order chi connectivity index (χ0) is 15.6. The molecule has 0 spiro atoms. The van der Waals surface area contributed by atoms with Crippen LogP contribution in [-0.4, -0.2) is 24.3 Å². The Labute approximate surface area is 130 Å². The topological polar surface area (TPSA) is 55.8 Å². The number of rotatable bonds is 6. The Morgan fingerprint density at radius 1 is 1.38 bits per heavy atom. The quantitative estimate of drug-likeness (QED) is 0.864. The van der Waals surface area contributed by atoms with E-state index < -0.39 is 11.4 Å². The molecule has 0 atom stereocenters. The van der Waals surface area contributed by atoms with E-state index in [2.05, 4.69) is 0 Å². The number of ether oxygens (including phenoxy) is 2. The Hall–Kier alpha value is -1.42. The van der Waals surface area contributed by atoms with Crippen LogP contribution in [0.1, 0.15) is 38.7 Å². The van der Waals surface area contributed by atoms with Gasteiger partial charge in [-0.15, -0.1) is 0 Å². The van der Waals surface area contributed by atoms with Gasteiger partial charge in [-0.1, -0.05) is 11.6 Å². The second kappa shape index (κ2) is 6.14. The number of hydrogen-bond donors (Lipinski definition) is 1. The average Bonchev–Trinajstić information content (AvgIpc) is 2.36. The van der Waals surface area contributed by atoms with Crippen molar-refractivity contribution in [3.63, 3.8) is 0 Å². The molecule has 0 heterocycles. The number of carbonyl (C=O) groups is 1. The van der Waals surface area contributed by atoms with Crippen LogP contribution in [0, 0.1) is 5.41 Å². The molecule has 0 amide bonds. The molecule has 2 rings (SSSR count). The largest absolute Gasteiger partial charge is 0.493 e. The predicted molar refractivity (Wildman–Crippen MR) is 81.4 cm³/mol. The lowest BCUT2D eigenvalue weighted by Gasteiger charge is -2.28. The van der Waals surface area contributed by atoms with E-state index in [9.17, 15) is 9.90 Å². The summed E-state index contributed by atoms with van der Waals surface area (Å²) in [6, 6.07) is 3.51. The van der Waals surface area contributed by atoms with Gasteiger partial charge in [-0.05, 0) is 51.2 Å². The minimum Gasteiger partial charge on any atom is -0.493 e. The highest BCUT2D eigenvalue weighted by atomic mass is 35.5. The van der Waals surface area contributed by atoms with Crippen molar-refractivity contribution in [2.24, 2.45) is 5.41 Å². The first-order valence-corrected chi connectivity index (χ1v) is 7.48. The summed E-state index contributed by atoms with van der Waals surface area (Å²) in [4.78, 5) is 11.3. The Bertz CT molecular complexity index is 535. The lowest BCUT2D eigenvalue weighted by atomic mass is 9.86. The van der Waals surface area contributed by atoms with Gasteiger partial charge in [0.25, 0.3) is 0 Å². The maximum atomic E-state index is 11.3. The Balaban J connectivity index is 2.28. The molecule has 0 aromatic heterocycles. The minimum absolute atomic E-state index is 0.223. The third kappa shape index (κ3) is 3.62. The zero-order valence-corrected chi connectivity index (χ0v) is 13.4. The lowest BCUT2D eigenvalue weighted by Crippen LogP contribution is -2.27. The van der Waals surface area contributed by atoms with Crippen molar-refractivity contribution in [2.75, 3.05) is 7.11 Å². The zero-order valence-electron chi connectivity index (χ0n) is 12.6. The van der Waals surface area contributed by atoms with E-state index in [0.29, 0.717) is 22.9 Å². The molecule has 0 unspecified atom stereocenters. The van der Waals surface area contributed by atoms with Crippen LogP contribution >= 0.6 is 11.6 Å². The van der Waals surface area contributed by atoms with E-state index >= 15 is 0 Å². The molecule has 116 valence electrons. The first-order valence-electron chi connectivity index (χ1n) is 7.10. The minimum atomic E-state index is -0.883. The summed E-state index contributed by atoms with van der Waals surface area (Å²) in [6.45, 7) is 3.37. The first-order chi connectivity index (χ1) is 9.83. The standard InChI is InChI=1S/C16H21ClO4/c1-16(2,15(18)19)9-10-7-14(21-11-5-4-6-11)13(20-3)8-12(10)17/h7-8,11H,4-6,9H2,1-3H3,(H,18,19). The van der Waals surface area contributed by atoms with Crippen LogP contribution in [0.15, 0.2) is 12.1 Å². The van der Waals surface area contributed by atoms with Gasteiger partial charge in [0, 0.05) is 11.1 Å². The molecule has 5 heteroatoms. The summed E-state index contributed by atoms with van der Waals surface area (Å²) in [5, 5.41) is 9.76. The van der Waals surface area contributed by atoms with Gasteiger partial charge in [-0.3, -0.25) is 4.79 Å². The summed E-state index contributed by atoms with van der Waals surface area (Å²) in [5.41, 5.74) is -0.120. The van der Waals surface area contributed by atoms with Crippen molar-refractivity contribution in [1.82, 2.24) is 0 Å². The van der Waals surface area contributed by atoms with Gasteiger partial charge in [-0.2, -0.15) is 0 Å². The monoisotopic (exact) mass is 312 g/mol. The molecule has 0 saturated heterocycles. The Kier molecular flexibility index (Phi) is 4.67. The molecule has 1 N–H and O–H groups in total. The van der Waals surface area contributed by atoms with Gasteiger partial charge in [0.1, 0.15) is 0 Å². The molecule has 1 aromatic carbocycles. The van der Waals surface area contributed by atoms with Crippen LogP contribution in [0.25, 0.3) is 0 Å². The van der Waals surface area contributed by atoms with Gasteiger partial charge >= 0.3 is 5.97 Å². The van der Waals surface area contributed by atoms with Gasteiger partial charge in [0.15, 0.2) is 11.5 Å². The highest BCUT2D eigenvalue weighted by Gasteiger charge is 2.29. The molecule has 1 aliphatic rings. The van der Waals surface area contributed by atoms with Gasteiger partial charge in [-0.25, -0.2) is 0 Å². The maximum absolute atomic E-state index is 11.3. The number of carboxylic acid groups (broad SMARTS) is 1. The van der Waals surface area contributed by atoms with Crippen molar-refractivity contribution in [3.8, 4) is 11.5 Å². The van der Waals surface area contributed by atoms with E-state index in [1.807, 2.05) is 6.07 Å². The van der Waals surface area contributed by atoms with Crippen LogP contribution in [0.5, 0.6) is 11.5 Å². The van der Waals surface area contributed by atoms with Gasteiger partial charge in [0.05, 0.1) is 18.6 Å². The van der Waals surface area contributed by atoms with Crippen LogP contribution in [0.3, 0.4) is 0 Å². The summed E-state index contributed by atoms with van der Waals surface area (Å²) in [7, 11) is 1.57. The second-order valence-corrected chi connectivity index (χ2v) is 6.54. The number of benzene rings is 1. The predicted octanol–water partition coefficient (Wildman–Crippen LogP) is 3.93. The van der Waals surface area contributed by atoms with Crippen molar-refractivity contribution in [1.29, 1.82) is 0 Å². The van der Waals surface area contributed by atoms with Gasteiger partial charge < -0.3 is 14.6 Å². The second-order valence-electron chi connectivity index (χ2n) is 6.13. The number of aliphatic carboxylic acids is 1. The van der Waals surface area contributed by atoms with E-state index in [-0.39, 0.29) is 6.10 Å². The molecule has 0 aliphatic heterocycles. The highest BCUT2D eigenvalue weighted by Crippen LogP contribution is 2.38. The van der Waals surface area contributed by atoms with E-state index in [1.54, 1.807) is 27.0 Å². The van der Waals surface area contributed by atoms with Crippen molar-refractivity contribution in [2.45, 2.75) is 45.6 Å². The summed E-state index contributed by atoms with van der Waals surface area (Å²) in [5.74, 6) is 0.377. The normalized spacial score (nSPS) is 15.4. The molecule has 1 aliphatic carbocycles. The van der Waals surface area contributed by atoms with Crippen LogP contribution in [-0.2, 0) is 11.2 Å². The van der Waals surface area contributed by atoms with E-state index in [4.69, 9.17) is 21.1 Å². The maximum Gasteiger partial charge on any atom is 0.309 e. The molecular formula is C16H21ClO4. The van der Waals surface area contributed by atoms with Crippen LogP contribution < -0.4 is 9.47 Å². The van der Waals surface area contributed by atoms with Crippen molar-refractivity contribution >= 4 is 17.6 Å². The highest BCUT2D eigenvalue weighted by molar-refractivity contribution is 6.31. The Morgan fingerprint density at radius 2 is 2.05 bits per heavy atom. The fourth-order valence-electron chi connectivity index (χ4n) is 2.18. The molecule has 1 saturated carbocycles. The smallest absolute Gasteiger partial charge is 0.309 e. The summed E-state index contributed by atoms with van der Waals surface area (Å²) < 4.78 is 11.2. The number of methoxy groups -OCH3 is 1. The summed E-state index contributed by atoms with van der Waals surface area (Å²) >= 11 is 6.25. The third-order valence-electron chi connectivity index (χ3n) is 3.89. The third-order valence-corrected chi connectivity index (χ3v) is 4.24. The molecule has 1 aromatic rings. The first kappa shape index (κ1) is 16.0. The number of halogens is 1. The molecule has 4 nitrogen and oxygen atoms in total. The van der Waals surface area contributed by atoms with Crippen LogP contribution in [0.4, 0.5) is 0 Å². The average molecular weight is 313 g/mol. The summed E-state index contributed by atoms with van der Waals surface area (Å²) in [6.07, 6.45) is 3.83. The lowest BCUT2D eigenvalue weighted by molar-refractivity contribution is -0.146. The molecular weight excluding hydrogens is 292 g/mol. The van der Waals surface area contributed by atoms with Crippen LogP contribution in [0.2, 0.25) is 5.02 Å². The molecule has 0 bridgehead atoms. The van der Waals surface area contributed by atoms with E-state index in [1.165, 1.54) is 6.42 Å². The van der Waals surface area contributed by atoms with Crippen molar-refractivity contribution in [3.05, 3.63) is 22.7 Å². The number of hydrogen-bond acceptors (Lipinski definition) is 3. The Morgan fingerprint density at radius 3 is 2.52 bits per heavy atom. The van der Waals surface area contributed by atoms with Gasteiger partial charge in [0.2, 0.25) is 0 Å². The molecule has 1 fully saturated rings. The fourth-order valence-corrected chi connectivity index (χ4v) is 2.40. The molecule has 0 radical (unpaired) electrons. The SMILES string of the molecule is COc1cc(Cl)c(CC(C)(C)C(=O)O)cc1OC1CCC1. The van der Waals surface area contributed by atoms with E-state index in [0.717, 1.165) is 18.4 Å². The molecule has 21 heavy (non-hydrogen) atoms. The fraction of sp³-hybridized carbons (Fsp3) is 0.562. The number of carboxylic acids is 1.